The molecule has 0 radical (unpaired) electrons. The van der Waals surface area contributed by atoms with Crippen LogP contribution in [-0.2, 0) is 14.3 Å². The van der Waals surface area contributed by atoms with Gasteiger partial charge in [0.1, 0.15) is 17.5 Å². The fraction of sp³-hybridized carbons (Fsp3) is 0.964. The van der Waals surface area contributed by atoms with Crippen molar-refractivity contribution in [2.24, 2.45) is 23.2 Å². The molecule has 0 aliphatic carbocycles. The zero-order valence-corrected chi connectivity index (χ0v) is 23.5. The van der Waals surface area contributed by atoms with Crippen LogP contribution in [0.3, 0.4) is 0 Å². The van der Waals surface area contributed by atoms with Gasteiger partial charge in [-0.3, -0.25) is 4.79 Å². The number of carbonyl (C=O) groups is 1. The number of hydrogen-bond donors (Lipinski definition) is 4. The van der Waals surface area contributed by atoms with Crippen molar-refractivity contribution in [3.05, 3.63) is 0 Å². The Labute approximate surface area is 213 Å². The maximum atomic E-state index is 12.9. The van der Waals surface area contributed by atoms with E-state index in [0.717, 1.165) is 12.8 Å². The Morgan fingerprint density at radius 2 is 1.63 bits per heavy atom. The van der Waals surface area contributed by atoms with Gasteiger partial charge in [-0.1, -0.05) is 68.2 Å². The van der Waals surface area contributed by atoms with E-state index in [1.165, 1.54) is 0 Å². The van der Waals surface area contributed by atoms with Crippen molar-refractivity contribution in [1.82, 2.24) is 0 Å². The average Bonchev–Trinajstić information content (AvgIpc) is 3.04. The molecule has 0 bridgehead atoms. The van der Waals surface area contributed by atoms with Crippen molar-refractivity contribution in [3.63, 3.8) is 0 Å². The monoisotopic (exact) mass is 502 g/mol. The number of ketones is 1. The van der Waals surface area contributed by atoms with E-state index >= 15 is 0 Å². The van der Waals surface area contributed by atoms with E-state index in [0.29, 0.717) is 31.6 Å². The van der Waals surface area contributed by atoms with Crippen LogP contribution in [0.4, 0.5) is 0 Å². The predicted octanol–water partition coefficient (Wildman–Crippen LogP) is 4.23. The summed E-state index contributed by atoms with van der Waals surface area (Å²) in [6, 6.07) is 0. The lowest BCUT2D eigenvalue weighted by Crippen LogP contribution is -2.45. The first-order valence-corrected chi connectivity index (χ1v) is 13.7. The molecule has 1 rings (SSSR count). The lowest BCUT2D eigenvalue weighted by Gasteiger charge is -2.31. The zero-order valence-electron chi connectivity index (χ0n) is 23.5. The van der Waals surface area contributed by atoms with Crippen molar-refractivity contribution >= 4 is 5.78 Å². The van der Waals surface area contributed by atoms with Crippen molar-refractivity contribution < 1.29 is 34.7 Å². The van der Waals surface area contributed by atoms with Gasteiger partial charge in [0.25, 0.3) is 0 Å². The Balaban J connectivity index is 2.73. The van der Waals surface area contributed by atoms with Crippen molar-refractivity contribution in [2.45, 2.75) is 143 Å². The van der Waals surface area contributed by atoms with Gasteiger partial charge < -0.3 is 29.9 Å². The number of carbonyl (C=O) groups excluding carboxylic acids is 1. The summed E-state index contributed by atoms with van der Waals surface area (Å²) in [5, 5.41) is 42.3. The molecule has 1 aliphatic heterocycles. The molecule has 0 aromatic carbocycles. The largest absolute Gasteiger partial charge is 0.393 e. The number of Topliss-reactive ketones (excluding diaryl/α,β-unsaturated/α-hetero) is 1. The molecule has 0 aromatic heterocycles. The summed E-state index contributed by atoms with van der Waals surface area (Å²) < 4.78 is 11.6. The van der Waals surface area contributed by atoms with Gasteiger partial charge in [0, 0.05) is 19.3 Å². The standard InChI is InChI=1S/C28H54O7/c1-9-18(4)20(13-23(31)16-27(6,7)8)12-21(29)14-22(30)15-24(19(5)10-2)35-26-25(32)28(33,11-3)17-34-26/h18-20,22-26,30-33H,9-17H2,1-8H3/t18-,19-,20?,22-,23+,24+,25?,26+,28-/m1/s1. The second-order valence-electron chi connectivity index (χ2n) is 12.3. The van der Waals surface area contributed by atoms with Crippen LogP contribution in [-0.4, -0.2) is 69.1 Å². The minimum absolute atomic E-state index is 0.00165. The highest BCUT2D eigenvalue weighted by atomic mass is 16.7. The number of ether oxygens (including phenoxy) is 2. The van der Waals surface area contributed by atoms with Gasteiger partial charge >= 0.3 is 0 Å². The molecule has 4 N–H and O–H groups in total. The minimum Gasteiger partial charge on any atom is -0.393 e. The van der Waals surface area contributed by atoms with Crippen molar-refractivity contribution in [1.29, 1.82) is 0 Å². The Morgan fingerprint density at radius 1 is 1.03 bits per heavy atom. The first kappa shape index (κ1) is 32.5. The Kier molecular flexibility index (Phi) is 13.3. The molecule has 0 aromatic rings. The predicted molar refractivity (Wildman–Crippen MR) is 138 cm³/mol. The van der Waals surface area contributed by atoms with Crippen LogP contribution < -0.4 is 0 Å². The molecule has 1 heterocycles. The van der Waals surface area contributed by atoms with Crippen LogP contribution in [0.1, 0.15) is 107 Å². The molecule has 7 heteroatoms. The topological polar surface area (TPSA) is 116 Å². The highest BCUT2D eigenvalue weighted by molar-refractivity contribution is 5.79. The molecule has 0 saturated carbocycles. The highest BCUT2D eigenvalue weighted by Crippen LogP contribution is 2.32. The van der Waals surface area contributed by atoms with Crippen LogP contribution in [0, 0.1) is 23.2 Å². The molecule has 1 fully saturated rings. The second kappa shape index (κ2) is 14.4. The first-order valence-electron chi connectivity index (χ1n) is 13.7. The number of aliphatic hydroxyl groups is 4. The molecule has 0 spiro atoms. The van der Waals surface area contributed by atoms with Crippen molar-refractivity contribution in [2.75, 3.05) is 6.61 Å². The Morgan fingerprint density at radius 3 is 2.11 bits per heavy atom. The first-order chi connectivity index (χ1) is 16.2. The highest BCUT2D eigenvalue weighted by Gasteiger charge is 2.48. The van der Waals surface area contributed by atoms with Gasteiger partial charge in [-0.15, -0.1) is 0 Å². The molecule has 1 aliphatic rings. The number of hydrogen-bond acceptors (Lipinski definition) is 7. The third-order valence-electron chi connectivity index (χ3n) is 7.83. The maximum Gasteiger partial charge on any atom is 0.186 e. The Bertz CT molecular complexity index is 619. The summed E-state index contributed by atoms with van der Waals surface area (Å²) in [5.74, 6) is 0.449. The van der Waals surface area contributed by atoms with Gasteiger partial charge in [0.2, 0.25) is 0 Å². The fourth-order valence-electron chi connectivity index (χ4n) is 4.92. The van der Waals surface area contributed by atoms with Crippen molar-refractivity contribution in [3.8, 4) is 0 Å². The maximum absolute atomic E-state index is 12.9. The fourth-order valence-corrected chi connectivity index (χ4v) is 4.92. The van der Waals surface area contributed by atoms with E-state index in [1.807, 2.05) is 13.8 Å². The summed E-state index contributed by atoms with van der Waals surface area (Å²) in [6.07, 6.45) is 0.124. The third-order valence-corrected chi connectivity index (χ3v) is 7.83. The quantitative estimate of drug-likeness (QED) is 0.250. The third kappa shape index (κ3) is 10.7. The van der Waals surface area contributed by atoms with Gasteiger partial charge in [-0.2, -0.15) is 0 Å². The molecule has 0 amide bonds. The van der Waals surface area contributed by atoms with E-state index in [4.69, 9.17) is 9.47 Å². The van der Waals surface area contributed by atoms with E-state index < -0.39 is 36.3 Å². The zero-order chi connectivity index (χ0) is 27.0. The lowest BCUT2D eigenvalue weighted by molar-refractivity contribution is -0.199. The van der Waals surface area contributed by atoms with E-state index in [1.54, 1.807) is 6.92 Å². The van der Waals surface area contributed by atoms with E-state index in [9.17, 15) is 25.2 Å². The SMILES string of the molecule is CC[C@@H](C)C(CC(=O)C[C@@H](O)C[C@H](O[C@@H]1OC[C@](O)(CC)C1O)[C@H](C)CC)C[C@H](O)CC(C)(C)C. The second-order valence-corrected chi connectivity index (χ2v) is 12.3. The van der Waals surface area contributed by atoms with E-state index in [2.05, 4.69) is 34.6 Å². The van der Waals surface area contributed by atoms with Crippen LogP contribution in [0.5, 0.6) is 0 Å². The molecular formula is C28H54O7. The summed E-state index contributed by atoms with van der Waals surface area (Å²) in [4.78, 5) is 12.9. The molecule has 9 atom stereocenters. The van der Waals surface area contributed by atoms with Gasteiger partial charge in [0.15, 0.2) is 6.29 Å². The van der Waals surface area contributed by atoms with Crippen LogP contribution in [0.15, 0.2) is 0 Å². The molecule has 1 saturated heterocycles. The normalized spacial score (nSPS) is 28.3. The van der Waals surface area contributed by atoms with Crippen LogP contribution in [0.25, 0.3) is 0 Å². The number of aliphatic hydroxyl groups excluding tert-OH is 3. The molecule has 2 unspecified atom stereocenters. The van der Waals surface area contributed by atoms with Gasteiger partial charge in [-0.25, -0.2) is 0 Å². The summed E-state index contributed by atoms with van der Waals surface area (Å²) in [5.41, 5.74) is -1.31. The lowest BCUT2D eigenvalue weighted by atomic mass is 9.79. The summed E-state index contributed by atoms with van der Waals surface area (Å²) in [6.45, 7) is 16.3. The molecule has 208 valence electrons. The minimum atomic E-state index is -1.33. The summed E-state index contributed by atoms with van der Waals surface area (Å²) >= 11 is 0. The van der Waals surface area contributed by atoms with E-state index in [-0.39, 0.29) is 42.5 Å². The summed E-state index contributed by atoms with van der Waals surface area (Å²) in [7, 11) is 0. The molecular weight excluding hydrogens is 448 g/mol. The van der Waals surface area contributed by atoms with Gasteiger partial charge in [0.05, 0.1) is 24.9 Å². The van der Waals surface area contributed by atoms with Crippen LogP contribution >= 0.6 is 0 Å². The molecule has 7 nitrogen and oxygen atoms in total. The smallest absolute Gasteiger partial charge is 0.186 e. The average molecular weight is 503 g/mol. The molecule has 35 heavy (non-hydrogen) atoms. The van der Waals surface area contributed by atoms with Crippen LogP contribution in [0.2, 0.25) is 0 Å². The number of rotatable bonds is 16. The Hall–Kier alpha value is -0.570. The van der Waals surface area contributed by atoms with Gasteiger partial charge in [-0.05, 0) is 42.4 Å².